The Hall–Kier alpha value is -6.53. The van der Waals surface area contributed by atoms with E-state index in [1.807, 2.05) is 74.7 Å². The number of nitrogens with zero attached hydrogens (tertiary/aromatic N) is 6. The predicted molar refractivity (Wildman–Crippen MR) is 240 cm³/mol. The third-order valence-corrected chi connectivity index (χ3v) is 13.6. The number of hydrogen-bond donors (Lipinski definition) is 2. The van der Waals surface area contributed by atoms with Gasteiger partial charge in [-0.15, -0.1) is 21.5 Å². The second-order valence-corrected chi connectivity index (χ2v) is 17.5. The Labute approximate surface area is 361 Å². The van der Waals surface area contributed by atoms with Gasteiger partial charge in [-0.05, 0) is 99.2 Å². The lowest BCUT2D eigenvalue weighted by Gasteiger charge is -2.22. The molecule has 1 amide bonds. The lowest BCUT2D eigenvalue weighted by atomic mass is 9.95. The van der Waals surface area contributed by atoms with E-state index in [9.17, 15) is 19.4 Å². The van der Waals surface area contributed by atoms with Crippen LogP contribution in [-0.4, -0.2) is 60.4 Å². The molecule has 8 rings (SSSR count). The van der Waals surface area contributed by atoms with Gasteiger partial charge in [0.05, 0.1) is 30.3 Å². The van der Waals surface area contributed by atoms with E-state index in [1.165, 1.54) is 12.0 Å². The molecule has 1 aliphatic rings. The van der Waals surface area contributed by atoms with Crippen molar-refractivity contribution >= 4 is 56.9 Å². The van der Waals surface area contributed by atoms with Gasteiger partial charge in [0, 0.05) is 46.2 Å². The molecule has 61 heavy (non-hydrogen) atoms. The maximum absolute atomic E-state index is 13.9. The van der Waals surface area contributed by atoms with Crippen LogP contribution in [0, 0.1) is 45.9 Å². The highest BCUT2D eigenvalue weighted by atomic mass is 32.2. The highest BCUT2D eigenvalue weighted by Gasteiger charge is 2.33. The van der Waals surface area contributed by atoms with Crippen molar-refractivity contribution in [1.29, 1.82) is 5.26 Å². The van der Waals surface area contributed by atoms with Gasteiger partial charge in [-0.1, -0.05) is 54.6 Å². The van der Waals surface area contributed by atoms with Crippen LogP contribution in [0.25, 0.3) is 27.0 Å². The molecule has 14 heteroatoms. The van der Waals surface area contributed by atoms with E-state index < -0.39 is 17.4 Å². The number of aryl methyl sites for hydroxylation is 4. The van der Waals surface area contributed by atoms with Crippen molar-refractivity contribution in [3.8, 4) is 22.2 Å². The second kappa shape index (κ2) is 16.8. The van der Waals surface area contributed by atoms with Gasteiger partial charge >= 0.3 is 5.97 Å². The van der Waals surface area contributed by atoms with Crippen molar-refractivity contribution in [2.24, 2.45) is 4.99 Å². The zero-order valence-corrected chi connectivity index (χ0v) is 36.5. The predicted octanol–water partition coefficient (Wildman–Crippen LogP) is 9.14. The molecule has 2 atom stereocenters. The summed E-state index contributed by atoms with van der Waals surface area (Å²) in [6, 6.07) is 26.9. The van der Waals surface area contributed by atoms with Crippen molar-refractivity contribution < 1.29 is 18.9 Å². The van der Waals surface area contributed by atoms with Crippen molar-refractivity contribution in [3.05, 3.63) is 146 Å². The molecule has 1 aliphatic heterocycles. The summed E-state index contributed by atoms with van der Waals surface area (Å²) in [5, 5.41) is 20.1. The van der Waals surface area contributed by atoms with Crippen LogP contribution in [-0.2, 0) is 27.4 Å². The number of methoxy groups -OCH3 is 1. The minimum atomic E-state index is -1.56. The van der Waals surface area contributed by atoms with E-state index in [0.29, 0.717) is 40.6 Å². The van der Waals surface area contributed by atoms with Gasteiger partial charge in [-0.2, -0.15) is 5.26 Å². The number of benzene rings is 4. The average Bonchev–Trinajstić information content (AvgIpc) is 3.94. The quantitative estimate of drug-likeness (QED) is 0.0961. The molecular formula is C47H44N8O4S2. The number of thiophene rings is 1. The number of aromatic amines is 1. The molecule has 308 valence electrons. The number of nitrogens with one attached hydrogen (secondary N) is 2. The molecular weight excluding hydrogens is 805 g/mol. The van der Waals surface area contributed by atoms with Gasteiger partial charge in [-0.3, -0.25) is 19.1 Å². The minimum Gasteiger partial charge on any atom is -0.588 e. The summed E-state index contributed by atoms with van der Waals surface area (Å²) in [4.78, 5) is 38.4. The Morgan fingerprint density at radius 2 is 1.69 bits per heavy atom. The Kier molecular flexibility index (Phi) is 11.4. The molecule has 0 fully saturated rings. The van der Waals surface area contributed by atoms with Crippen molar-refractivity contribution in [2.45, 2.75) is 65.4 Å². The Morgan fingerprint density at radius 1 is 0.967 bits per heavy atom. The first kappa shape index (κ1) is 41.2. The van der Waals surface area contributed by atoms with Crippen molar-refractivity contribution in [3.63, 3.8) is 0 Å². The molecule has 2 N–H and O–H groups in total. The van der Waals surface area contributed by atoms with E-state index in [4.69, 9.17) is 9.73 Å². The van der Waals surface area contributed by atoms with Crippen LogP contribution in [0.5, 0.6) is 0 Å². The summed E-state index contributed by atoms with van der Waals surface area (Å²) in [5.74, 6) is 0.891. The van der Waals surface area contributed by atoms with Gasteiger partial charge in [0.1, 0.15) is 40.0 Å². The number of anilines is 1. The molecule has 0 saturated carbocycles. The van der Waals surface area contributed by atoms with Gasteiger partial charge in [0.25, 0.3) is 5.91 Å². The van der Waals surface area contributed by atoms with Crippen LogP contribution >= 0.6 is 11.3 Å². The monoisotopic (exact) mass is 848 g/mol. The third kappa shape index (κ3) is 7.72. The van der Waals surface area contributed by atoms with Crippen LogP contribution in [0.2, 0.25) is 0 Å². The normalized spacial score (nSPS) is 13.8. The number of amides is 1. The SMILES string of the molecule is CCN(Cc1ccc([S+]([O-])Nc2ccc(C)c3c(C#N)c[nH]c23)cc1)C(=O)c1ccc(-c2ccc(C3=N[C@@H](CC(=O)OC)c4nnc(C)n4-c4sc(C)c(C)c43)cc2)cc1C. The van der Waals surface area contributed by atoms with Gasteiger partial charge in [0.2, 0.25) is 0 Å². The number of carbonyl (C=O) groups is 2. The molecule has 12 nitrogen and oxygen atoms in total. The van der Waals surface area contributed by atoms with Gasteiger partial charge in [-0.25, -0.2) is 4.72 Å². The standard InChI is InChI=1S/C47H44N8O4S2/c1-8-54(25-31-10-17-36(18-11-31)61(58)53-38-20-9-26(2)41-35(23-48)24-49-44(38)41)46(57)37-19-16-34(21-27(37)3)32-12-14-33(15-13-32)43-42-28(4)29(5)60-47(42)55-30(6)51-52-45(55)39(50-43)22-40(56)59-7/h9-21,24,39,49,53H,8,22,25H2,1-7H3/t39-,61?/m0/s1. The van der Waals surface area contributed by atoms with E-state index >= 15 is 0 Å². The topological polar surface area (TPSA) is 164 Å². The number of carbonyl (C=O) groups excluding carboxylic acids is 2. The zero-order chi connectivity index (χ0) is 43.1. The van der Waals surface area contributed by atoms with Crippen molar-refractivity contribution in [1.82, 2.24) is 24.6 Å². The first-order chi connectivity index (χ1) is 29.4. The second-order valence-electron chi connectivity index (χ2n) is 15.1. The third-order valence-electron chi connectivity index (χ3n) is 11.3. The summed E-state index contributed by atoms with van der Waals surface area (Å²) in [6.07, 6.45) is 1.70. The number of nitriles is 1. The minimum absolute atomic E-state index is 0.0365. The summed E-state index contributed by atoms with van der Waals surface area (Å²) in [7, 11) is 1.38. The number of ether oxygens (including phenoxy) is 1. The maximum atomic E-state index is 13.9. The molecule has 0 radical (unpaired) electrons. The Balaban J connectivity index is 0.983. The number of aromatic nitrogens is 4. The van der Waals surface area contributed by atoms with E-state index in [1.54, 1.807) is 34.6 Å². The largest absolute Gasteiger partial charge is 0.588 e. The highest BCUT2D eigenvalue weighted by Crippen LogP contribution is 2.40. The molecule has 0 aliphatic carbocycles. The number of aliphatic imine (C=N–C) groups is 1. The molecule has 4 heterocycles. The lowest BCUT2D eigenvalue weighted by molar-refractivity contribution is -0.141. The maximum Gasteiger partial charge on any atom is 0.308 e. The molecule has 4 aromatic carbocycles. The van der Waals surface area contributed by atoms with Gasteiger partial charge in [0.15, 0.2) is 10.7 Å². The van der Waals surface area contributed by atoms with E-state index in [-0.39, 0.29) is 18.3 Å². The molecule has 7 aromatic rings. The average molecular weight is 849 g/mol. The molecule has 1 unspecified atom stereocenters. The fourth-order valence-corrected chi connectivity index (χ4v) is 9.94. The number of rotatable bonds is 11. The van der Waals surface area contributed by atoms with E-state index in [2.05, 4.69) is 64.1 Å². The van der Waals surface area contributed by atoms with Crippen molar-refractivity contribution in [2.75, 3.05) is 18.4 Å². The molecule has 0 spiro atoms. The number of fused-ring (bicyclic) bond motifs is 4. The number of hydrogen-bond acceptors (Lipinski definition) is 10. The molecule has 0 bridgehead atoms. The Morgan fingerprint density at radius 3 is 2.38 bits per heavy atom. The lowest BCUT2D eigenvalue weighted by Crippen LogP contribution is -2.30. The van der Waals surface area contributed by atoms with Crippen LogP contribution in [0.15, 0.2) is 94.9 Å². The highest BCUT2D eigenvalue weighted by molar-refractivity contribution is 7.92. The molecule has 3 aromatic heterocycles. The van der Waals surface area contributed by atoms with Crippen LogP contribution in [0.4, 0.5) is 5.69 Å². The smallest absolute Gasteiger partial charge is 0.308 e. The fourth-order valence-electron chi connectivity index (χ4n) is 7.86. The Bertz CT molecular complexity index is 2900. The number of esters is 1. The number of H-pyrrole nitrogens is 1. The first-order valence-corrected chi connectivity index (χ1v) is 21.8. The summed E-state index contributed by atoms with van der Waals surface area (Å²) < 4.78 is 23.5. The molecule has 0 saturated heterocycles. The van der Waals surface area contributed by atoms with Crippen LogP contribution in [0.3, 0.4) is 0 Å². The summed E-state index contributed by atoms with van der Waals surface area (Å²) >= 11 is 0.107. The first-order valence-electron chi connectivity index (χ1n) is 19.9. The van der Waals surface area contributed by atoms with Crippen LogP contribution in [0.1, 0.15) is 85.2 Å². The summed E-state index contributed by atoms with van der Waals surface area (Å²) in [6.45, 7) is 12.9. The zero-order valence-electron chi connectivity index (χ0n) is 34.9. The summed E-state index contributed by atoms with van der Waals surface area (Å²) in [5.41, 5.74) is 11.1. The van der Waals surface area contributed by atoms with Gasteiger partial charge < -0.3 is 19.2 Å². The fraction of sp³-hybridized carbons (Fsp3) is 0.234. The van der Waals surface area contributed by atoms with E-state index in [0.717, 1.165) is 71.9 Å². The van der Waals surface area contributed by atoms with Crippen LogP contribution < -0.4 is 4.72 Å².